The van der Waals surface area contributed by atoms with Crippen LogP contribution in [0.15, 0.2) is 42.5 Å². The molecule has 0 N–H and O–H groups in total. The molecule has 0 saturated carbocycles. The summed E-state index contributed by atoms with van der Waals surface area (Å²) in [6.07, 6.45) is 0. The van der Waals surface area contributed by atoms with E-state index in [9.17, 15) is 4.79 Å². The standard InChI is InChI=1S/C20H16ClN3O3/c1-11-18(21)19-22-20(14-6-4-5-7-15(14)24(19)23-11)27-16-9-8-13(12(2)25)10-17(16)26-3/h4-10H,1-3H3. The van der Waals surface area contributed by atoms with Gasteiger partial charge in [0.1, 0.15) is 5.02 Å². The maximum absolute atomic E-state index is 11.6. The van der Waals surface area contributed by atoms with Gasteiger partial charge in [-0.2, -0.15) is 10.1 Å². The van der Waals surface area contributed by atoms with E-state index in [1.165, 1.54) is 14.0 Å². The fourth-order valence-corrected chi connectivity index (χ4v) is 3.07. The Hall–Kier alpha value is -3.12. The van der Waals surface area contributed by atoms with Gasteiger partial charge in [-0.15, -0.1) is 0 Å². The van der Waals surface area contributed by atoms with E-state index in [0.29, 0.717) is 39.3 Å². The smallest absolute Gasteiger partial charge is 0.230 e. The highest BCUT2D eigenvalue weighted by molar-refractivity contribution is 6.34. The second kappa shape index (κ2) is 6.55. The number of methoxy groups -OCH3 is 1. The quantitative estimate of drug-likeness (QED) is 0.473. The lowest BCUT2D eigenvalue weighted by Gasteiger charge is -2.13. The molecule has 2 heterocycles. The Kier molecular flexibility index (Phi) is 4.20. The molecule has 7 heteroatoms. The molecule has 6 nitrogen and oxygen atoms in total. The van der Waals surface area contributed by atoms with E-state index in [4.69, 9.17) is 21.1 Å². The van der Waals surface area contributed by atoms with Gasteiger partial charge in [-0.05, 0) is 44.2 Å². The number of nitrogens with zero attached hydrogens (tertiary/aromatic N) is 3. The Morgan fingerprint density at radius 1 is 1.15 bits per heavy atom. The molecule has 4 aromatic rings. The van der Waals surface area contributed by atoms with Crippen molar-refractivity contribution in [3.63, 3.8) is 0 Å². The predicted molar refractivity (Wildman–Crippen MR) is 103 cm³/mol. The van der Waals surface area contributed by atoms with Crippen LogP contribution in [0.4, 0.5) is 0 Å². The number of aryl methyl sites for hydroxylation is 1. The van der Waals surface area contributed by atoms with Crippen molar-refractivity contribution in [2.75, 3.05) is 7.11 Å². The van der Waals surface area contributed by atoms with Crippen molar-refractivity contribution in [1.82, 2.24) is 14.6 Å². The van der Waals surface area contributed by atoms with E-state index in [1.54, 1.807) is 22.7 Å². The molecule has 0 unspecified atom stereocenters. The van der Waals surface area contributed by atoms with Crippen LogP contribution < -0.4 is 9.47 Å². The molecule has 0 saturated heterocycles. The van der Waals surface area contributed by atoms with E-state index < -0.39 is 0 Å². The number of hydrogen-bond acceptors (Lipinski definition) is 5. The summed E-state index contributed by atoms with van der Waals surface area (Å²) in [6.45, 7) is 3.33. The number of Topliss-reactive ketones (excluding diaryl/α,β-unsaturated/α-hetero) is 1. The summed E-state index contributed by atoms with van der Waals surface area (Å²) in [5.74, 6) is 1.24. The number of aromatic nitrogens is 3. The lowest BCUT2D eigenvalue weighted by molar-refractivity contribution is 0.101. The first kappa shape index (κ1) is 17.3. The molecule has 0 aliphatic carbocycles. The normalized spacial score (nSPS) is 11.1. The van der Waals surface area contributed by atoms with Crippen LogP contribution in [-0.2, 0) is 0 Å². The molecule has 0 aliphatic heterocycles. The van der Waals surface area contributed by atoms with Gasteiger partial charge in [0.25, 0.3) is 0 Å². The van der Waals surface area contributed by atoms with Gasteiger partial charge in [0, 0.05) is 5.56 Å². The highest BCUT2D eigenvalue weighted by Gasteiger charge is 2.17. The molecule has 4 rings (SSSR count). The van der Waals surface area contributed by atoms with Crippen LogP contribution in [0.25, 0.3) is 16.6 Å². The lowest BCUT2D eigenvalue weighted by Crippen LogP contribution is -1.99. The van der Waals surface area contributed by atoms with E-state index in [2.05, 4.69) is 10.1 Å². The van der Waals surface area contributed by atoms with Crippen LogP contribution in [0.5, 0.6) is 17.4 Å². The first-order chi connectivity index (χ1) is 13.0. The summed E-state index contributed by atoms with van der Waals surface area (Å²) in [7, 11) is 1.53. The van der Waals surface area contributed by atoms with Crippen molar-refractivity contribution < 1.29 is 14.3 Å². The van der Waals surface area contributed by atoms with E-state index in [1.807, 2.05) is 31.2 Å². The van der Waals surface area contributed by atoms with Crippen molar-refractivity contribution in [3.8, 4) is 17.4 Å². The molecule has 0 aliphatic rings. The Balaban J connectivity index is 1.91. The average molecular weight is 382 g/mol. The van der Waals surface area contributed by atoms with Crippen LogP contribution in [0.1, 0.15) is 23.0 Å². The van der Waals surface area contributed by atoms with Gasteiger partial charge in [0.2, 0.25) is 5.88 Å². The van der Waals surface area contributed by atoms with Gasteiger partial charge < -0.3 is 9.47 Å². The first-order valence-electron chi connectivity index (χ1n) is 8.30. The number of fused-ring (bicyclic) bond motifs is 3. The average Bonchev–Trinajstić information content (AvgIpc) is 2.96. The Labute approximate surface area is 160 Å². The number of halogens is 1. The number of para-hydroxylation sites is 1. The maximum Gasteiger partial charge on any atom is 0.230 e. The molecule has 2 aromatic heterocycles. The number of carbonyl (C=O) groups is 1. The minimum atomic E-state index is -0.0497. The molecule has 0 spiro atoms. The maximum atomic E-state index is 11.6. The van der Waals surface area contributed by atoms with Crippen molar-refractivity contribution in [3.05, 3.63) is 58.7 Å². The Morgan fingerprint density at radius 3 is 2.67 bits per heavy atom. The van der Waals surface area contributed by atoms with Gasteiger partial charge in [-0.25, -0.2) is 4.52 Å². The highest BCUT2D eigenvalue weighted by Crippen LogP contribution is 2.36. The summed E-state index contributed by atoms with van der Waals surface area (Å²) in [4.78, 5) is 16.2. The lowest BCUT2D eigenvalue weighted by atomic mass is 10.1. The van der Waals surface area contributed by atoms with E-state index in [0.717, 1.165) is 10.9 Å². The Morgan fingerprint density at radius 2 is 1.93 bits per heavy atom. The van der Waals surface area contributed by atoms with Crippen molar-refractivity contribution in [1.29, 1.82) is 0 Å². The molecule has 27 heavy (non-hydrogen) atoms. The molecule has 0 amide bonds. The van der Waals surface area contributed by atoms with Crippen LogP contribution in [0, 0.1) is 6.92 Å². The zero-order valence-corrected chi connectivity index (χ0v) is 15.7. The number of rotatable bonds is 4. The fourth-order valence-electron chi connectivity index (χ4n) is 2.91. The van der Waals surface area contributed by atoms with Crippen LogP contribution in [-0.4, -0.2) is 27.5 Å². The SMILES string of the molecule is COc1cc(C(C)=O)ccc1Oc1nc2c(Cl)c(C)nn2c2ccccc12. The van der Waals surface area contributed by atoms with Gasteiger partial charge >= 0.3 is 0 Å². The van der Waals surface area contributed by atoms with Crippen molar-refractivity contribution >= 4 is 33.9 Å². The second-order valence-corrected chi connectivity index (χ2v) is 6.47. The first-order valence-corrected chi connectivity index (χ1v) is 8.68. The second-order valence-electron chi connectivity index (χ2n) is 6.09. The number of ether oxygens (including phenoxy) is 2. The summed E-state index contributed by atoms with van der Waals surface area (Å²) >= 11 is 6.37. The number of carbonyl (C=O) groups excluding carboxylic acids is 1. The zero-order chi connectivity index (χ0) is 19.1. The van der Waals surface area contributed by atoms with E-state index in [-0.39, 0.29) is 5.78 Å². The van der Waals surface area contributed by atoms with Gasteiger partial charge in [-0.3, -0.25) is 4.79 Å². The fraction of sp³-hybridized carbons (Fsp3) is 0.150. The molecule has 2 aromatic carbocycles. The van der Waals surface area contributed by atoms with E-state index >= 15 is 0 Å². The summed E-state index contributed by atoms with van der Waals surface area (Å²) < 4.78 is 13.2. The third kappa shape index (κ3) is 2.88. The van der Waals surface area contributed by atoms with Gasteiger partial charge in [-0.1, -0.05) is 23.7 Å². The van der Waals surface area contributed by atoms with Crippen molar-refractivity contribution in [2.24, 2.45) is 0 Å². The Bertz CT molecular complexity index is 1200. The predicted octanol–water partition coefficient (Wildman–Crippen LogP) is 4.85. The molecule has 136 valence electrons. The minimum Gasteiger partial charge on any atom is -0.493 e. The largest absolute Gasteiger partial charge is 0.493 e. The minimum absolute atomic E-state index is 0.0497. The number of ketones is 1. The third-order valence-corrected chi connectivity index (χ3v) is 4.75. The molecule has 0 bridgehead atoms. The molecule has 0 radical (unpaired) electrons. The molecule has 0 atom stereocenters. The molecule has 0 fully saturated rings. The number of benzene rings is 2. The zero-order valence-electron chi connectivity index (χ0n) is 15.0. The topological polar surface area (TPSA) is 65.7 Å². The van der Waals surface area contributed by atoms with Crippen LogP contribution in [0.3, 0.4) is 0 Å². The molecular formula is C20H16ClN3O3. The highest BCUT2D eigenvalue weighted by atomic mass is 35.5. The number of hydrogen-bond donors (Lipinski definition) is 0. The van der Waals surface area contributed by atoms with Crippen molar-refractivity contribution in [2.45, 2.75) is 13.8 Å². The molecular weight excluding hydrogens is 366 g/mol. The summed E-state index contributed by atoms with van der Waals surface area (Å²) in [6, 6.07) is 12.7. The summed E-state index contributed by atoms with van der Waals surface area (Å²) in [5.41, 5.74) is 2.57. The van der Waals surface area contributed by atoms with Crippen LogP contribution >= 0.6 is 11.6 Å². The third-order valence-electron chi connectivity index (χ3n) is 4.31. The van der Waals surface area contributed by atoms with Crippen LogP contribution in [0.2, 0.25) is 5.02 Å². The van der Waals surface area contributed by atoms with Gasteiger partial charge in [0.15, 0.2) is 22.9 Å². The monoisotopic (exact) mass is 381 g/mol. The summed E-state index contributed by atoms with van der Waals surface area (Å²) in [5, 5.41) is 5.71. The van der Waals surface area contributed by atoms with Gasteiger partial charge in [0.05, 0.1) is 23.7 Å².